The predicted molar refractivity (Wildman–Crippen MR) is 57.1 cm³/mol. The third-order valence-corrected chi connectivity index (χ3v) is 2.17. The molecular weight excluding hydrogens is 174 g/mol. The van der Waals surface area contributed by atoms with Gasteiger partial charge in [-0.1, -0.05) is 6.07 Å². The highest BCUT2D eigenvalue weighted by Crippen LogP contribution is 2.09. The van der Waals surface area contributed by atoms with E-state index in [0.29, 0.717) is 0 Å². The van der Waals surface area contributed by atoms with Crippen LogP contribution in [0.15, 0.2) is 24.4 Å². The maximum atomic E-state index is 4.45. The number of nitrogens with zero attached hydrogens (tertiary/aromatic N) is 3. The average Bonchev–Trinajstić information content (AvgIpc) is 2.57. The SMILES string of the molecule is CN(C)CCn1cc2c[c]ccc2n1. The van der Waals surface area contributed by atoms with E-state index in [4.69, 9.17) is 0 Å². The first-order valence-electron chi connectivity index (χ1n) is 4.74. The third-order valence-electron chi connectivity index (χ3n) is 2.17. The highest BCUT2D eigenvalue weighted by Gasteiger charge is 1.99. The van der Waals surface area contributed by atoms with Crippen LogP contribution < -0.4 is 0 Å². The van der Waals surface area contributed by atoms with Crippen LogP contribution in [0.2, 0.25) is 0 Å². The fourth-order valence-electron chi connectivity index (χ4n) is 1.37. The Hall–Kier alpha value is -1.35. The number of aromatic nitrogens is 2. The van der Waals surface area contributed by atoms with Crippen molar-refractivity contribution in [2.45, 2.75) is 6.54 Å². The molecule has 0 aliphatic carbocycles. The minimum atomic E-state index is 0.932. The van der Waals surface area contributed by atoms with Crippen LogP contribution >= 0.6 is 0 Å². The molecule has 2 rings (SSSR count). The first-order valence-corrected chi connectivity index (χ1v) is 4.74. The van der Waals surface area contributed by atoms with E-state index in [0.717, 1.165) is 24.0 Å². The Morgan fingerprint density at radius 1 is 1.50 bits per heavy atom. The van der Waals surface area contributed by atoms with Crippen LogP contribution in [0.1, 0.15) is 0 Å². The van der Waals surface area contributed by atoms with Gasteiger partial charge in [0.2, 0.25) is 0 Å². The van der Waals surface area contributed by atoms with Crippen molar-refractivity contribution in [3.05, 3.63) is 30.5 Å². The summed E-state index contributed by atoms with van der Waals surface area (Å²) in [6, 6.07) is 8.90. The van der Waals surface area contributed by atoms with Crippen molar-refractivity contribution in [2.75, 3.05) is 20.6 Å². The molecular formula is C11H14N3. The van der Waals surface area contributed by atoms with Gasteiger partial charge >= 0.3 is 0 Å². The molecule has 0 aliphatic heterocycles. The predicted octanol–water partition coefficient (Wildman–Crippen LogP) is 1.40. The second-order valence-corrected chi connectivity index (χ2v) is 3.68. The Kier molecular flexibility index (Phi) is 2.50. The zero-order valence-electron chi connectivity index (χ0n) is 8.57. The lowest BCUT2D eigenvalue weighted by Gasteiger charge is -2.08. The third kappa shape index (κ3) is 1.93. The molecule has 0 spiro atoms. The first kappa shape index (κ1) is 9.21. The Labute approximate surface area is 83.9 Å². The molecule has 2 aromatic rings. The topological polar surface area (TPSA) is 21.1 Å². The fraction of sp³-hybridized carbons (Fsp3) is 0.364. The zero-order chi connectivity index (χ0) is 9.97. The lowest BCUT2D eigenvalue weighted by Crippen LogP contribution is -2.18. The molecule has 0 atom stereocenters. The highest BCUT2D eigenvalue weighted by molar-refractivity contribution is 5.77. The Bertz CT molecular complexity index is 384. The summed E-state index contributed by atoms with van der Waals surface area (Å²) in [7, 11) is 4.13. The summed E-state index contributed by atoms with van der Waals surface area (Å²) in [5, 5.41) is 5.61. The van der Waals surface area contributed by atoms with E-state index in [1.54, 1.807) is 0 Å². The molecule has 14 heavy (non-hydrogen) atoms. The van der Waals surface area contributed by atoms with Gasteiger partial charge in [-0.05, 0) is 32.3 Å². The fourth-order valence-corrected chi connectivity index (χ4v) is 1.37. The summed E-state index contributed by atoms with van der Waals surface area (Å²) in [6.07, 6.45) is 2.06. The molecule has 0 saturated heterocycles. The normalized spacial score (nSPS) is 11.4. The van der Waals surface area contributed by atoms with E-state index in [9.17, 15) is 0 Å². The van der Waals surface area contributed by atoms with Crippen molar-refractivity contribution >= 4 is 10.9 Å². The van der Waals surface area contributed by atoms with E-state index in [1.165, 1.54) is 0 Å². The largest absolute Gasteiger partial charge is 0.308 e. The lowest BCUT2D eigenvalue weighted by molar-refractivity contribution is 0.374. The van der Waals surface area contributed by atoms with Crippen molar-refractivity contribution < 1.29 is 0 Å². The summed E-state index contributed by atoms with van der Waals surface area (Å²) in [6.45, 7) is 1.94. The average molecular weight is 188 g/mol. The number of hydrogen-bond donors (Lipinski definition) is 0. The quantitative estimate of drug-likeness (QED) is 0.726. The van der Waals surface area contributed by atoms with Gasteiger partial charge in [0.25, 0.3) is 0 Å². The van der Waals surface area contributed by atoms with E-state index >= 15 is 0 Å². The number of fused-ring (bicyclic) bond motifs is 1. The lowest BCUT2D eigenvalue weighted by atomic mass is 10.3. The van der Waals surface area contributed by atoms with Gasteiger partial charge in [0.05, 0.1) is 12.1 Å². The molecule has 1 radical (unpaired) electrons. The van der Waals surface area contributed by atoms with E-state index in [-0.39, 0.29) is 0 Å². The van der Waals surface area contributed by atoms with Crippen molar-refractivity contribution in [3.63, 3.8) is 0 Å². The monoisotopic (exact) mass is 188 g/mol. The molecule has 0 bridgehead atoms. The minimum Gasteiger partial charge on any atom is -0.308 e. The zero-order valence-corrected chi connectivity index (χ0v) is 8.57. The summed E-state index contributed by atoms with van der Waals surface area (Å²) in [5.74, 6) is 0. The maximum absolute atomic E-state index is 4.45. The van der Waals surface area contributed by atoms with Crippen LogP contribution in [0.4, 0.5) is 0 Å². The second kappa shape index (κ2) is 3.80. The molecule has 0 saturated carbocycles. The van der Waals surface area contributed by atoms with Crippen molar-refractivity contribution in [2.24, 2.45) is 0 Å². The molecule has 3 nitrogen and oxygen atoms in total. The summed E-state index contributed by atoms with van der Waals surface area (Å²) >= 11 is 0. The van der Waals surface area contributed by atoms with Crippen LogP contribution in [0.25, 0.3) is 10.9 Å². The highest BCUT2D eigenvalue weighted by atomic mass is 15.3. The number of likely N-dealkylation sites (N-methyl/N-ethyl adjacent to an activating group) is 1. The van der Waals surface area contributed by atoms with Crippen molar-refractivity contribution in [1.29, 1.82) is 0 Å². The van der Waals surface area contributed by atoms with Gasteiger partial charge in [-0.3, -0.25) is 4.68 Å². The summed E-state index contributed by atoms with van der Waals surface area (Å²) < 4.78 is 1.98. The van der Waals surface area contributed by atoms with Gasteiger partial charge in [-0.2, -0.15) is 5.10 Å². The smallest absolute Gasteiger partial charge is 0.0923 e. The molecule has 1 aromatic carbocycles. The first-order chi connectivity index (χ1) is 6.75. The number of hydrogen-bond acceptors (Lipinski definition) is 2. The van der Waals surface area contributed by atoms with Crippen LogP contribution in [0.5, 0.6) is 0 Å². The van der Waals surface area contributed by atoms with Gasteiger partial charge in [0, 0.05) is 18.1 Å². The Morgan fingerprint density at radius 2 is 2.36 bits per heavy atom. The van der Waals surface area contributed by atoms with Gasteiger partial charge in [-0.25, -0.2) is 0 Å². The molecule has 73 valence electrons. The Morgan fingerprint density at radius 3 is 3.07 bits per heavy atom. The molecule has 1 aromatic heterocycles. The Balaban J connectivity index is 2.19. The molecule has 3 heteroatoms. The van der Waals surface area contributed by atoms with Crippen molar-refractivity contribution in [1.82, 2.24) is 14.7 Å². The molecule has 0 amide bonds. The molecule has 0 fully saturated rings. The van der Waals surface area contributed by atoms with E-state index < -0.39 is 0 Å². The molecule has 1 heterocycles. The maximum Gasteiger partial charge on any atom is 0.0923 e. The number of rotatable bonds is 3. The number of benzene rings is 1. The van der Waals surface area contributed by atoms with Gasteiger partial charge in [0.1, 0.15) is 0 Å². The van der Waals surface area contributed by atoms with Gasteiger partial charge < -0.3 is 4.90 Å². The van der Waals surface area contributed by atoms with Gasteiger partial charge in [0.15, 0.2) is 0 Å². The van der Waals surface area contributed by atoms with Crippen LogP contribution in [0, 0.1) is 6.07 Å². The van der Waals surface area contributed by atoms with Crippen LogP contribution in [0.3, 0.4) is 0 Å². The molecule has 0 aliphatic rings. The van der Waals surface area contributed by atoms with E-state index in [2.05, 4.69) is 36.4 Å². The molecule has 0 N–H and O–H groups in total. The summed E-state index contributed by atoms with van der Waals surface area (Å²) in [4.78, 5) is 2.15. The molecule has 0 unspecified atom stereocenters. The van der Waals surface area contributed by atoms with E-state index in [1.807, 2.05) is 22.9 Å². The van der Waals surface area contributed by atoms with Crippen molar-refractivity contribution in [3.8, 4) is 0 Å². The van der Waals surface area contributed by atoms with Gasteiger partial charge in [-0.15, -0.1) is 0 Å². The van der Waals surface area contributed by atoms with Crippen LogP contribution in [-0.2, 0) is 6.54 Å². The van der Waals surface area contributed by atoms with Crippen LogP contribution in [-0.4, -0.2) is 35.3 Å². The second-order valence-electron chi connectivity index (χ2n) is 3.68. The minimum absolute atomic E-state index is 0.932. The standard InChI is InChI=1S/C11H14N3/c1-13(2)7-8-14-9-10-5-3-4-6-11(10)12-14/h4-6,9H,7-8H2,1-2H3. The summed E-state index contributed by atoms with van der Waals surface area (Å²) in [5.41, 5.74) is 1.04.